The zero-order valence-electron chi connectivity index (χ0n) is 11.9. The number of nitrogens with one attached hydrogen (secondary N) is 2. The molecular weight excluding hydrogens is 300 g/mol. The van der Waals surface area contributed by atoms with Gasteiger partial charge in [0.2, 0.25) is 15.9 Å². The van der Waals surface area contributed by atoms with Crippen molar-refractivity contribution < 1.29 is 13.2 Å². The van der Waals surface area contributed by atoms with E-state index in [9.17, 15) is 13.2 Å². The van der Waals surface area contributed by atoms with Crippen LogP contribution in [0.2, 0.25) is 0 Å². The molecule has 2 N–H and O–H groups in total. The SMILES string of the molecule is CC(=O)Nc1ccc(S(=O)(=O)NC(C)(C)C(C)Cl)cc1. The van der Waals surface area contributed by atoms with E-state index in [4.69, 9.17) is 11.6 Å². The molecule has 1 aromatic carbocycles. The van der Waals surface area contributed by atoms with E-state index in [0.717, 1.165) is 0 Å². The van der Waals surface area contributed by atoms with Gasteiger partial charge in [-0.2, -0.15) is 0 Å². The lowest BCUT2D eigenvalue weighted by Gasteiger charge is -2.28. The average molecular weight is 319 g/mol. The Hall–Kier alpha value is -1.11. The summed E-state index contributed by atoms with van der Waals surface area (Å²) in [5.74, 6) is -0.212. The van der Waals surface area contributed by atoms with E-state index in [1.165, 1.54) is 31.2 Å². The van der Waals surface area contributed by atoms with Crippen molar-refractivity contribution in [1.82, 2.24) is 4.72 Å². The van der Waals surface area contributed by atoms with Gasteiger partial charge in [-0.3, -0.25) is 4.79 Å². The highest BCUT2D eigenvalue weighted by Crippen LogP contribution is 2.20. The fourth-order valence-corrected chi connectivity index (χ4v) is 3.01. The lowest BCUT2D eigenvalue weighted by Crippen LogP contribution is -2.48. The van der Waals surface area contributed by atoms with E-state index in [-0.39, 0.29) is 16.2 Å². The van der Waals surface area contributed by atoms with Crippen LogP contribution < -0.4 is 10.0 Å². The molecule has 0 spiro atoms. The first-order valence-electron chi connectivity index (χ1n) is 6.10. The van der Waals surface area contributed by atoms with Crippen LogP contribution in [-0.2, 0) is 14.8 Å². The number of rotatable bonds is 5. The summed E-state index contributed by atoms with van der Waals surface area (Å²) in [7, 11) is -3.66. The number of carbonyl (C=O) groups excluding carboxylic acids is 1. The third-order valence-corrected chi connectivity index (χ3v) is 5.11. The first-order valence-corrected chi connectivity index (χ1v) is 8.02. The number of carbonyl (C=O) groups is 1. The van der Waals surface area contributed by atoms with Crippen LogP contribution in [0.25, 0.3) is 0 Å². The molecule has 0 aliphatic heterocycles. The van der Waals surface area contributed by atoms with Crippen LogP contribution in [0, 0.1) is 0 Å². The van der Waals surface area contributed by atoms with Gasteiger partial charge in [0, 0.05) is 23.5 Å². The molecule has 0 saturated heterocycles. The Bertz CT molecular complexity index is 580. The number of benzene rings is 1. The third-order valence-electron chi connectivity index (χ3n) is 2.88. The summed E-state index contributed by atoms with van der Waals surface area (Å²) in [4.78, 5) is 11.0. The van der Waals surface area contributed by atoms with Gasteiger partial charge in [-0.25, -0.2) is 13.1 Å². The standard InChI is InChI=1S/C13H19ClN2O3S/c1-9(14)13(3,4)16-20(18,19)12-7-5-11(6-8-12)15-10(2)17/h5-9,16H,1-4H3,(H,15,17). The molecule has 0 bridgehead atoms. The van der Waals surface area contributed by atoms with Crippen LogP contribution in [-0.4, -0.2) is 25.2 Å². The fourth-order valence-electron chi connectivity index (χ4n) is 1.41. The van der Waals surface area contributed by atoms with Gasteiger partial charge in [0.15, 0.2) is 0 Å². The van der Waals surface area contributed by atoms with E-state index in [2.05, 4.69) is 10.0 Å². The fraction of sp³-hybridized carbons (Fsp3) is 0.462. The van der Waals surface area contributed by atoms with Crippen LogP contribution in [0.4, 0.5) is 5.69 Å². The Balaban J connectivity index is 2.96. The summed E-state index contributed by atoms with van der Waals surface area (Å²) in [6, 6.07) is 5.94. The molecule has 1 aromatic rings. The summed E-state index contributed by atoms with van der Waals surface area (Å²) < 4.78 is 27.0. The van der Waals surface area contributed by atoms with Crippen LogP contribution >= 0.6 is 11.6 Å². The number of hydrogen-bond donors (Lipinski definition) is 2. The molecule has 0 radical (unpaired) electrons. The molecule has 5 nitrogen and oxygen atoms in total. The minimum Gasteiger partial charge on any atom is -0.326 e. The van der Waals surface area contributed by atoms with Crippen molar-refractivity contribution in [2.75, 3.05) is 5.32 Å². The third kappa shape index (κ3) is 4.47. The molecule has 0 saturated carbocycles. The Kier molecular flexibility index (Phi) is 5.18. The van der Waals surface area contributed by atoms with Crippen molar-refractivity contribution in [1.29, 1.82) is 0 Å². The molecule has 0 aromatic heterocycles. The molecule has 1 unspecified atom stereocenters. The molecule has 0 heterocycles. The van der Waals surface area contributed by atoms with Gasteiger partial charge in [-0.05, 0) is 45.0 Å². The molecule has 20 heavy (non-hydrogen) atoms. The van der Waals surface area contributed by atoms with Crippen LogP contribution in [0.3, 0.4) is 0 Å². The Morgan fingerprint density at radius 1 is 1.25 bits per heavy atom. The van der Waals surface area contributed by atoms with Crippen molar-refractivity contribution >= 4 is 33.2 Å². The number of amides is 1. The highest BCUT2D eigenvalue weighted by molar-refractivity contribution is 7.89. The first-order chi connectivity index (χ1) is 9.04. The largest absolute Gasteiger partial charge is 0.326 e. The van der Waals surface area contributed by atoms with Gasteiger partial charge in [0.25, 0.3) is 0 Å². The first kappa shape index (κ1) is 16.9. The smallest absolute Gasteiger partial charge is 0.241 e. The average Bonchev–Trinajstić information content (AvgIpc) is 2.27. The number of sulfonamides is 1. The van der Waals surface area contributed by atoms with E-state index in [1.807, 2.05) is 0 Å². The molecular formula is C13H19ClN2O3S. The lowest BCUT2D eigenvalue weighted by atomic mass is 10.0. The van der Waals surface area contributed by atoms with Gasteiger partial charge in [0.05, 0.1) is 4.90 Å². The quantitative estimate of drug-likeness (QED) is 0.818. The second-order valence-corrected chi connectivity index (χ2v) is 7.49. The molecule has 0 aliphatic carbocycles. The summed E-state index contributed by atoms with van der Waals surface area (Å²) in [6.07, 6.45) is 0. The molecule has 1 rings (SSSR count). The normalized spacial score (nSPS) is 13.8. The van der Waals surface area contributed by atoms with Gasteiger partial charge >= 0.3 is 0 Å². The number of hydrogen-bond acceptors (Lipinski definition) is 3. The zero-order valence-corrected chi connectivity index (χ0v) is 13.5. The van der Waals surface area contributed by atoms with Crippen molar-refractivity contribution in [2.45, 2.75) is 43.5 Å². The highest BCUT2D eigenvalue weighted by Gasteiger charge is 2.30. The van der Waals surface area contributed by atoms with E-state index < -0.39 is 15.6 Å². The van der Waals surface area contributed by atoms with Gasteiger partial charge in [-0.15, -0.1) is 11.6 Å². The summed E-state index contributed by atoms with van der Waals surface area (Å²) in [6.45, 7) is 6.54. The predicted molar refractivity (Wildman–Crippen MR) is 80.5 cm³/mol. The van der Waals surface area contributed by atoms with E-state index >= 15 is 0 Å². The minimum atomic E-state index is -3.66. The highest BCUT2D eigenvalue weighted by atomic mass is 35.5. The Labute approximate surface area is 124 Å². The number of alkyl halides is 1. The maximum atomic E-state index is 12.2. The zero-order chi connectivity index (χ0) is 15.6. The topological polar surface area (TPSA) is 75.3 Å². The summed E-state index contributed by atoms with van der Waals surface area (Å²) in [5.41, 5.74) is -0.224. The van der Waals surface area contributed by atoms with Crippen molar-refractivity contribution in [2.24, 2.45) is 0 Å². The lowest BCUT2D eigenvalue weighted by molar-refractivity contribution is -0.114. The van der Waals surface area contributed by atoms with Crippen molar-refractivity contribution in [3.05, 3.63) is 24.3 Å². The molecule has 7 heteroatoms. The van der Waals surface area contributed by atoms with E-state index in [1.54, 1.807) is 20.8 Å². The maximum absolute atomic E-state index is 12.2. The van der Waals surface area contributed by atoms with Crippen LogP contribution in [0.1, 0.15) is 27.7 Å². The van der Waals surface area contributed by atoms with Gasteiger partial charge in [0.1, 0.15) is 0 Å². The van der Waals surface area contributed by atoms with Gasteiger partial charge < -0.3 is 5.32 Å². The van der Waals surface area contributed by atoms with Crippen LogP contribution in [0.15, 0.2) is 29.2 Å². The molecule has 0 fully saturated rings. The van der Waals surface area contributed by atoms with Crippen molar-refractivity contribution in [3.8, 4) is 0 Å². The summed E-state index contributed by atoms with van der Waals surface area (Å²) in [5, 5.41) is 2.21. The molecule has 1 amide bonds. The monoisotopic (exact) mass is 318 g/mol. The Morgan fingerprint density at radius 3 is 2.15 bits per heavy atom. The van der Waals surface area contributed by atoms with Gasteiger partial charge in [-0.1, -0.05) is 0 Å². The molecule has 0 aliphatic rings. The minimum absolute atomic E-state index is 0.122. The van der Waals surface area contributed by atoms with E-state index in [0.29, 0.717) is 5.69 Å². The molecule has 112 valence electrons. The van der Waals surface area contributed by atoms with Crippen molar-refractivity contribution in [3.63, 3.8) is 0 Å². The predicted octanol–water partition coefficient (Wildman–Crippen LogP) is 2.33. The Morgan fingerprint density at radius 2 is 1.75 bits per heavy atom. The number of anilines is 1. The second-order valence-electron chi connectivity index (χ2n) is 5.15. The maximum Gasteiger partial charge on any atom is 0.241 e. The molecule has 1 atom stereocenters. The summed E-state index contributed by atoms with van der Waals surface area (Å²) >= 11 is 5.97. The number of halogens is 1. The second kappa shape index (κ2) is 6.11. The van der Waals surface area contributed by atoms with Crippen LogP contribution in [0.5, 0.6) is 0 Å².